The Balaban J connectivity index is 1.09. The Labute approximate surface area is 341 Å². The lowest BCUT2D eigenvalue weighted by atomic mass is 9.49. The summed E-state index contributed by atoms with van der Waals surface area (Å²) in [5.41, 5.74) is 19.3. The van der Waals surface area contributed by atoms with Gasteiger partial charge >= 0.3 is 0 Å². The first-order valence-corrected chi connectivity index (χ1v) is 23.8. The third-order valence-electron chi connectivity index (χ3n) is 14.9. The van der Waals surface area contributed by atoms with E-state index >= 15 is 0 Å². The minimum Gasteiger partial charge on any atom is -0.192 e. The van der Waals surface area contributed by atoms with Crippen LogP contribution in [-0.2, 0) is 5.41 Å². The summed E-state index contributed by atoms with van der Waals surface area (Å²) in [7, 11) is -1.08. The van der Waals surface area contributed by atoms with E-state index in [-0.39, 0.29) is 5.41 Å². The molecule has 1 heteroatoms. The first kappa shape index (κ1) is 35.1. The molecule has 0 saturated heterocycles. The van der Waals surface area contributed by atoms with E-state index in [0.29, 0.717) is 11.8 Å². The fourth-order valence-electron chi connectivity index (χ4n) is 12.3. The fraction of sp³-hybridized carbons (Fsp3) is 0.250. The number of benzene rings is 7. The van der Waals surface area contributed by atoms with Gasteiger partial charge in [0.2, 0.25) is 0 Å². The second kappa shape index (κ2) is 13.2. The molecular weight excluding hydrogens is 705 g/mol. The van der Waals surface area contributed by atoms with Gasteiger partial charge in [-0.05, 0) is 182 Å². The standard InChI is InChI=1S/C56H52S/c1-5-37-27-38-26-36(2)56(47(28-37)29-38)52-25-22-41(46-31-44(39-14-8-6-9-15-39)30-45(32-46)40-16-10-7-11-17-40)33-51(52)48-23-20-42(34-53(48)56)43-21-24-50-49-18-12-13-19-54(49)57(3,4)55(50)35-43/h6-25,30-38,47H,5,26-29H2,1-4H3. The Morgan fingerprint density at radius 2 is 1.04 bits per heavy atom. The molecule has 1 heterocycles. The Hall–Kier alpha value is -5.11. The largest absolute Gasteiger partial charge is 0.192 e. The molecule has 4 aliphatic rings. The lowest BCUT2D eigenvalue weighted by molar-refractivity contribution is 0.0368. The van der Waals surface area contributed by atoms with Crippen LogP contribution in [0.2, 0.25) is 0 Å². The van der Waals surface area contributed by atoms with E-state index in [1.54, 1.807) is 11.1 Å². The van der Waals surface area contributed by atoms with Crippen LogP contribution in [0, 0.1) is 23.7 Å². The zero-order chi connectivity index (χ0) is 38.5. The van der Waals surface area contributed by atoms with Gasteiger partial charge < -0.3 is 0 Å². The number of fused-ring (bicyclic) bond motifs is 11. The molecule has 57 heavy (non-hydrogen) atoms. The van der Waals surface area contributed by atoms with Crippen molar-refractivity contribution in [2.45, 2.75) is 61.2 Å². The average Bonchev–Trinajstić information content (AvgIpc) is 3.68. The van der Waals surface area contributed by atoms with Crippen molar-refractivity contribution in [2.75, 3.05) is 12.5 Å². The molecule has 5 atom stereocenters. The number of hydrogen-bond acceptors (Lipinski definition) is 0. The monoisotopic (exact) mass is 756 g/mol. The van der Waals surface area contributed by atoms with Crippen molar-refractivity contribution in [1.29, 1.82) is 0 Å². The topological polar surface area (TPSA) is 0 Å². The van der Waals surface area contributed by atoms with Crippen molar-refractivity contribution in [3.8, 4) is 66.8 Å². The molecule has 3 aliphatic carbocycles. The summed E-state index contributed by atoms with van der Waals surface area (Å²) in [6.45, 7) is 5.05. The van der Waals surface area contributed by atoms with E-state index in [9.17, 15) is 0 Å². The van der Waals surface area contributed by atoms with E-state index in [0.717, 1.165) is 11.8 Å². The minimum atomic E-state index is -1.08. The van der Waals surface area contributed by atoms with Gasteiger partial charge in [0, 0.05) is 15.2 Å². The van der Waals surface area contributed by atoms with Crippen molar-refractivity contribution in [3.05, 3.63) is 169 Å². The summed E-state index contributed by atoms with van der Waals surface area (Å²) in [6, 6.07) is 60.7. The molecule has 11 rings (SSSR count). The van der Waals surface area contributed by atoms with Gasteiger partial charge in [-0.3, -0.25) is 0 Å². The van der Waals surface area contributed by atoms with Crippen molar-refractivity contribution in [1.82, 2.24) is 0 Å². The molecule has 282 valence electrons. The van der Waals surface area contributed by atoms with Gasteiger partial charge in [-0.1, -0.05) is 136 Å². The van der Waals surface area contributed by atoms with Gasteiger partial charge in [-0.25, -0.2) is 0 Å². The van der Waals surface area contributed by atoms with Crippen molar-refractivity contribution < 1.29 is 0 Å². The average molecular weight is 757 g/mol. The highest BCUT2D eigenvalue weighted by atomic mass is 32.3. The molecule has 0 radical (unpaired) electrons. The maximum Gasteiger partial charge on any atom is 0.0269 e. The third kappa shape index (κ3) is 5.34. The van der Waals surface area contributed by atoms with Gasteiger partial charge in [-0.2, -0.15) is 10.0 Å². The predicted octanol–water partition coefficient (Wildman–Crippen LogP) is 15.6. The first-order valence-electron chi connectivity index (χ1n) is 21.4. The van der Waals surface area contributed by atoms with E-state index in [2.05, 4.69) is 184 Å². The lowest BCUT2D eigenvalue weighted by Crippen LogP contribution is -2.49. The molecule has 0 nitrogen and oxygen atoms in total. The van der Waals surface area contributed by atoms with Gasteiger partial charge in [0.25, 0.3) is 0 Å². The van der Waals surface area contributed by atoms with E-state index in [1.807, 2.05) is 0 Å². The van der Waals surface area contributed by atoms with E-state index in [1.165, 1.54) is 109 Å². The Bertz CT molecular complexity index is 2630. The lowest BCUT2D eigenvalue weighted by Gasteiger charge is -2.54. The molecular formula is C56H52S. The highest BCUT2D eigenvalue weighted by Crippen LogP contribution is 2.68. The van der Waals surface area contributed by atoms with Crippen LogP contribution in [0.5, 0.6) is 0 Å². The van der Waals surface area contributed by atoms with E-state index < -0.39 is 10.0 Å². The van der Waals surface area contributed by atoms with Gasteiger partial charge in [0.15, 0.2) is 0 Å². The highest BCUT2D eigenvalue weighted by molar-refractivity contribution is 8.33. The quantitative estimate of drug-likeness (QED) is 0.164. The normalized spacial score (nSPS) is 24.0. The van der Waals surface area contributed by atoms with Crippen LogP contribution in [0.25, 0.3) is 66.8 Å². The van der Waals surface area contributed by atoms with Gasteiger partial charge in [-0.15, -0.1) is 0 Å². The smallest absolute Gasteiger partial charge is 0.0269 e. The van der Waals surface area contributed by atoms with Crippen molar-refractivity contribution >= 4 is 10.0 Å². The molecule has 0 N–H and O–H groups in total. The predicted molar refractivity (Wildman–Crippen MR) is 244 cm³/mol. The van der Waals surface area contributed by atoms with Crippen LogP contribution < -0.4 is 0 Å². The Kier molecular flexibility index (Phi) is 8.14. The number of hydrogen-bond donors (Lipinski definition) is 0. The van der Waals surface area contributed by atoms with Crippen LogP contribution in [-0.4, -0.2) is 12.5 Å². The molecule has 7 aromatic rings. The zero-order valence-electron chi connectivity index (χ0n) is 33.8. The van der Waals surface area contributed by atoms with Crippen molar-refractivity contribution in [3.63, 3.8) is 0 Å². The Morgan fingerprint density at radius 3 is 1.74 bits per heavy atom. The summed E-state index contributed by atoms with van der Waals surface area (Å²) >= 11 is 0. The maximum absolute atomic E-state index is 2.66. The Morgan fingerprint density at radius 1 is 0.456 bits per heavy atom. The van der Waals surface area contributed by atoms with Gasteiger partial charge in [0.05, 0.1) is 0 Å². The van der Waals surface area contributed by atoms with E-state index in [4.69, 9.17) is 0 Å². The fourth-order valence-corrected chi connectivity index (χ4v) is 14.8. The van der Waals surface area contributed by atoms with Crippen LogP contribution in [0.1, 0.15) is 57.1 Å². The third-order valence-corrected chi connectivity index (χ3v) is 17.8. The molecule has 2 bridgehead atoms. The molecule has 2 fully saturated rings. The highest BCUT2D eigenvalue weighted by Gasteiger charge is 2.57. The zero-order valence-corrected chi connectivity index (χ0v) is 34.6. The molecule has 5 unspecified atom stereocenters. The number of rotatable bonds is 5. The molecule has 0 amide bonds. The first-order chi connectivity index (χ1) is 27.8. The summed E-state index contributed by atoms with van der Waals surface area (Å²) in [6.07, 6.45) is 11.7. The molecule has 1 spiro atoms. The van der Waals surface area contributed by atoms with Crippen LogP contribution in [0.4, 0.5) is 0 Å². The summed E-state index contributed by atoms with van der Waals surface area (Å²) in [5.74, 6) is 2.93. The summed E-state index contributed by atoms with van der Waals surface area (Å²) in [5, 5.41) is 0. The summed E-state index contributed by atoms with van der Waals surface area (Å²) in [4.78, 5) is 3.05. The molecule has 0 aromatic heterocycles. The van der Waals surface area contributed by atoms with Crippen molar-refractivity contribution in [2.24, 2.45) is 23.7 Å². The van der Waals surface area contributed by atoms with Crippen LogP contribution in [0.3, 0.4) is 0 Å². The van der Waals surface area contributed by atoms with Crippen LogP contribution in [0.15, 0.2) is 168 Å². The minimum absolute atomic E-state index is 0.0299. The molecule has 2 saturated carbocycles. The second-order valence-electron chi connectivity index (χ2n) is 18.1. The SMILES string of the molecule is CCC1CC2CC(C)C3(c4ccc(-c5cc(-c6ccccc6)cc(-c6ccccc6)c5)cc4-c4ccc(-c5ccc6c(c5)S(C)(C)c5ccccc5-6)cc43)C(C1)C2. The summed E-state index contributed by atoms with van der Waals surface area (Å²) < 4.78 is 0. The molecule has 7 aromatic carbocycles. The second-order valence-corrected chi connectivity index (χ2v) is 21.7. The van der Waals surface area contributed by atoms with Crippen LogP contribution >= 0.6 is 10.0 Å². The molecule has 1 aliphatic heterocycles. The van der Waals surface area contributed by atoms with Gasteiger partial charge in [0.1, 0.15) is 0 Å². The maximum atomic E-state index is 2.66.